The molecule has 0 aliphatic carbocycles. The molecule has 0 saturated carbocycles. The zero-order chi connectivity index (χ0) is 23.2. The van der Waals surface area contributed by atoms with Crippen LogP contribution in [0, 0.1) is 6.92 Å². The summed E-state index contributed by atoms with van der Waals surface area (Å²) in [5, 5.41) is 13.1. The maximum atomic E-state index is 12.9. The number of aromatic carboxylic acids is 1. The lowest BCUT2D eigenvalue weighted by molar-refractivity contribution is -0.177. The first-order valence-electron chi connectivity index (χ1n) is 9.75. The van der Waals surface area contributed by atoms with Crippen LogP contribution in [0.25, 0.3) is 0 Å². The van der Waals surface area contributed by atoms with E-state index in [2.05, 4.69) is 15.3 Å². The van der Waals surface area contributed by atoms with Gasteiger partial charge < -0.3 is 29.8 Å². The zero-order valence-electron chi connectivity index (χ0n) is 17.2. The number of halogens is 2. The molecule has 2 saturated heterocycles. The Kier molecular flexibility index (Phi) is 6.21. The quantitative estimate of drug-likeness (QED) is 0.531. The van der Waals surface area contributed by atoms with Gasteiger partial charge in [-0.3, -0.25) is 9.59 Å². The fraction of sp³-hybridized carbons (Fsp3) is 0.474. The van der Waals surface area contributed by atoms with Crippen LogP contribution in [0.4, 0.5) is 5.13 Å². The van der Waals surface area contributed by atoms with E-state index in [9.17, 15) is 19.5 Å². The van der Waals surface area contributed by atoms with Gasteiger partial charge in [-0.2, -0.15) is 0 Å². The Morgan fingerprint density at radius 1 is 1.28 bits per heavy atom. The Bertz CT molecular complexity index is 1060. The Labute approximate surface area is 196 Å². The van der Waals surface area contributed by atoms with Gasteiger partial charge in [-0.15, -0.1) is 0 Å². The summed E-state index contributed by atoms with van der Waals surface area (Å²) in [6.07, 6.45) is 0.425. The monoisotopic (exact) mass is 502 g/mol. The van der Waals surface area contributed by atoms with Crippen molar-refractivity contribution in [3.63, 3.8) is 0 Å². The van der Waals surface area contributed by atoms with Gasteiger partial charge in [-0.05, 0) is 13.3 Å². The van der Waals surface area contributed by atoms with Crippen molar-refractivity contribution < 1.29 is 29.0 Å². The Hall–Kier alpha value is -2.18. The van der Waals surface area contributed by atoms with Gasteiger partial charge >= 0.3 is 5.97 Å². The van der Waals surface area contributed by atoms with Crippen molar-refractivity contribution in [2.75, 3.05) is 31.2 Å². The van der Waals surface area contributed by atoms with Gasteiger partial charge in [-0.1, -0.05) is 34.5 Å². The summed E-state index contributed by atoms with van der Waals surface area (Å²) in [5.74, 6) is -3.23. The number of thiazole rings is 1. The van der Waals surface area contributed by atoms with E-state index in [0.29, 0.717) is 37.0 Å². The van der Waals surface area contributed by atoms with Crippen LogP contribution < -0.4 is 10.2 Å². The average Bonchev–Trinajstić information content (AvgIpc) is 3.45. The summed E-state index contributed by atoms with van der Waals surface area (Å²) >= 11 is 13.2. The van der Waals surface area contributed by atoms with Crippen molar-refractivity contribution in [3.8, 4) is 0 Å². The summed E-state index contributed by atoms with van der Waals surface area (Å²) in [5.41, 5.74) is 0.657. The molecule has 2 aromatic rings. The van der Waals surface area contributed by atoms with Gasteiger partial charge in [0, 0.05) is 19.2 Å². The van der Waals surface area contributed by atoms with E-state index < -0.39 is 29.5 Å². The van der Waals surface area contributed by atoms with Crippen LogP contribution in [-0.4, -0.2) is 70.9 Å². The third-order valence-electron chi connectivity index (χ3n) is 5.41. The summed E-state index contributed by atoms with van der Waals surface area (Å²) in [6.45, 7) is 4.29. The number of amides is 1. The number of aromatic nitrogens is 2. The van der Waals surface area contributed by atoms with Crippen molar-refractivity contribution in [3.05, 3.63) is 32.0 Å². The first-order valence-corrected chi connectivity index (χ1v) is 11.3. The second-order valence-electron chi connectivity index (χ2n) is 7.53. The minimum atomic E-state index is -1.21. The number of piperidine rings is 1. The molecule has 1 atom stereocenters. The highest BCUT2D eigenvalue weighted by molar-refractivity contribution is 7.17. The maximum absolute atomic E-state index is 12.9. The molecule has 2 fully saturated rings. The van der Waals surface area contributed by atoms with E-state index in [1.165, 1.54) is 6.92 Å². The van der Waals surface area contributed by atoms with Crippen molar-refractivity contribution in [2.45, 2.75) is 32.1 Å². The summed E-state index contributed by atoms with van der Waals surface area (Å²) < 4.78 is 11.8. The second-order valence-corrected chi connectivity index (χ2v) is 9.27. The summed E-state index contributed by atoms with van der Waals surface area (Å²) in [6, 6.07) is -0.501. The Morgan fingerprint density at radius 2 is 1.97 bits per heavy atom. The predicted octanol–water partition coefficient (Wildman–Crippen LogP) is 2.74. The van der Waals surface area contributed by atoms with Gasteiger partial charge in [0.15, 0.2) is 10.9 Å². The molecule has 0 bridgehead atoms. The number of carbonyl (C=O) groups excluding carboxylic acids is 2. The number of hydrogen-bond acceptors (Lipinski definition) is 8. The number of nitrogens with one attached hydrogen (secondary N) is 2. The highest BCUT2D eigenvalue weighted by Gasteiger charge is 2.50. The lowest BCUT2D eigenvalue weighted by atomic mass is 9.97. The fourth-order valence-corrected chi connectivity index (χ4v) is 5.25. The van der Waals surface area contributed by atoms with E-state index in [1.54, 1.807) is 11.8 Å². The van der Waals surface area contributed by atoms with E-state index in [-0.39, 0.29) is 32.9 Å². The molecule has 1 amide bonds. The minimum Gasteiger partial charge on any atom is -0.477 e. The van der Waals surface area contributed by atoms with Gasteiger partial charge in [-0.25, -0.2) is 9.78 Å². The normalized spacial score (nSPS) is 20.0. The van der Waals surface area contributed by atoms with E-state index in [1.807, 2.05) is 0 Å². The topological polar surface area (TPSA) is 134 Å². The SMILES string of the molecule is CC(=O)c1nc(N2CCC(NC(=O)c3[nH]c(C)c(Cl)c3Cl)C3(C2)OCCO3)sc1C(=O)O. The first kappa shape index (κ1) is 23.0. The summed E-state index contributed by atoms with van der Waals surface area (Å²) in [4.78, 5) is 45.0. The molecule has 172 valence electrons. The minimum absolute atomic E-state index is 0.0797. The van der Waals surface area contributed by atoms with E-state index >= 15 is 0 Å². The molecule has 0 radical (unpaired) electrons. The van der Waals surface area contributed by atoms with Gasteiger partial charge in [0.1, 0.15) is 16.3 Å². The van der Waals surface area contributed by atoms with Crippen molar-refractivity contribution >= 4 is 57.3 Å². The molecule has 4 rings (SSSR count). The highest BCUT2D eigenvalue weighted by Crippen LogP contribution is 2.36. The maximum Gasteiger partial charge on any atom is 0.348 e. The molecule has 13 heteroatoms. The number of hydrogen-bond donors (Lipinski definition) is 3. The number of carboxylic acids is 1. The number of anilines is 1. The smallest absolute Gasteiger partial charge is 0.348 e. The first-order chi connectivity index (χ1) is 15.1. The number of carbonyl (C=O) groups is 3. The molecule has 0 aromatic carbocycles. The van der Waals surface area contributed by atoms with Crippen LogP contribution in [0.3, 0.4) is 0 Å². The van der Waals surface area contributed by atoms with Crippen LogP contribution >= 0.6 is 34.5 Å². The third-order valence-corrected chi connectivity index (χ3v) is 7.46. The second kappa shape index (κ2) is 8.64. The van der Waals surface area contributed by atoms with Crippen molar-refractivity contribution in [1.29, 1.82) is 0 Å². The van der Waals surface area contributed by atoms with Gasteiger partial charge in [0.25, 0.3) is 5.91 Å². The molecule has 2 aromatic heterocycles. The highest BCUT2D eigenvalue weighted by atomic mass is 35.5. The molecular weight excluding hydrogens is 483 g/mol. The number of carboxylic acid groups (broad SMARTS) is 1. The van der Waals surface area contributed by atoms with E-state index in [0.717, 1.165) is 11.3 Å². The van der Waals surface area contributed by atoms with E-state index in [4.69, 9.17) is 32.7 Å². The molecule has 3 N–H and O–H groups in total. The number of aryl methyl sites for hydroxylation is 1. The van der Waals surface area contributed by atoms with Crippen molar-refractivity contribution in [2.24, 2.45) is 0 Å². The molecule has 10 nitrogen and oxygen atoms in total. The zero-order valence-corrected chi connectivity index (χ0v) is 19.5. The largest absolute Gasteiger partial charge is 0.477 e. The number of aromatic amines is 1. The summed E-state index contributed by atoms with van der Waals surface area (Å²) in [7, 11) is 0. The van der Waals surface area contributed by atoms with Crippen LogP contribution in [0.15, 0.2) is 0 Å². The van der Waals surface area contributed by atoms with Crippen LogP contribution in [0.2, 0.25) is 10.0 Å². The average molecular weight is 503 g/mol. The Morgan fingerprint density at radius 3 is 2.50 bits per heavy atom. The van der Waals surface area contributed by atoms with Crippen molar-refractivity contribution in [1.82, 2.24) is 15.3 Å². The molecule has 2 aliphatic rings. The predicted molar refractivity (Wildman–Crippen MR) is 117 cm³/mol. The Balaban J connectivity index is 1.57. The molecule has 1 spiro atoms. The lowest BCUT2D eigenvalue weighted by Gasteiger charge is -2.44. The third kappa shape index (κ3) is 3.99. The van der Waals surface area contributed by atoms with Gasteiger partial charge in [0.2, 0.25) is 5.79 Å². The van der Waals surface area contributed by atoms with Crippen LogP contribution in [0.1, 0.15) is 49.7 Å². The number of rotatable bonds is 5. The van der Waals surface area contributed by atoms with Crippen LogP contribution in [0.5, 0.6) is 0 Å². The standard InChI is InChI=1S/C19H20Cl2N4O6S/c1-8-11(20)12(21)14(22-8)16(27)23-10-3-4-25(7-19(10)30-5-6-31-19)18-24-13(9(2)26)15(32-18)17(28)29/h10,22H,3-7H2,1-2H3,(H,23,27)(H,28,29). The molecule has 1 unspecified atom stereocenters. The number of ketones is 1. The molecule has 2 aliphatic heterocycles. The van der Waals surface area contributed by atoms with Crippen LogP contribution in [-0.2, 0) is 9.47 Å². The molecule has 32 heavy (non-hydrogen) atoms. The number of H-pyrrole nitrogens is 1. The lowest BCUT2D eigenvalue weighted by Crippen LogP contribution is -2.63. The number of nitrogens with zero attached hydrogens (tertiary/aromatic N) is 2. The van der Waals surface area contributed by atoms with Gasteiger partial charge in [0.05, 0.1) is 35.8 Å². The molecule has 4 heterocycles. The number of Topliss-reactive ketones (excluding diaryl/α,β-unsaturated/α-hetero) is 1. The molecular formula is C19H20Cl2N4O6S. The fourth-order valence-electron chi connectivity index (χ4n) is 3.85. The number of ether oxygens (including phenoxy) is 2.